The zero-order valence-electron chi connectivity index (χ0n) is 15.2. The van der Waals surface area contributed by atoms with Crippen LogP contribution in [0.25, 0.3) is 10.9 Å². The first-order chi connectivity index (χ1) is 13.0. The van der Waals surface area contributed by atoms with E-state index in [1.54, 1.807) is 74.4 Å². The molecule has 0 bridgehead atoms. The van der Waals surface area contributed by atoms with Gasteiger partial charge in [0.1, 0.15) is 17.2 Å². The number of rotatable bonds is 6. The van der Waals surface area contributed by atoms with Crippen LogP contribution in [0.2, 0.25) is 0 Å². The minimum atomic E-state index is -1.15. The minimum absolute atomic E-state index is 0.301. The molecule has 0 aliphatic rings. The number of nitrogens with zero attached hydrogens (tertiary/aromatic N) is 1. The van der Waals surface area contributed by atoms with E-state index >= 15 is 0 Å². The Morgan fingerprint density at radius 3 is 2.26 bits per heavy atom. The van der Waals surface area contributed by atoms with Gasteiger partial charge < -0.3 is 24.5 Å². The summed E-state index contributed by atoms with van der Waals surface area (Å²) in [5, 5.41) is 12.8. The van der Waals surface area contributed by atoms with Crippen molar-refractivity contribution in [2.45, 2.75) is 6.04 Å². The summed E-state index contributed by atoms with van der Waals surface area (Å²) in [7, 11) is 4.81. The van der Waals surface area contributed by atoms with Crippen LogP contribution in [0, 0.1) is 0 Å². The Hall–Kier alpha value is -3.48. The highest BCUT2D eigenvalue weighted by Gasteiger charge is 2.25. The van der Waals surface area contributed by atoms with Gasteiger partial charge in [-0.2, -0.15) is 0 Å². The summed E-state index contributed by atoms with van der Waals surface area (Å²) in [6, 6.07) is 12.6. The Bertz CT molecular complexity index is 995. The van der Waals surface area contributed by atoms with Crippen LogP contribution >= 0.6 is 0 Å². The fraction of sp³-hybridized carbons (Fsp3) is 0.200. The third kappa shape index (κ3) is 3.31. The van der Waals surface area contributed by atoms with Crippen LogP contribution in [-0.2, 0) is 11.8 Å². The summed E-state index contributed by atoms with van der Waals surface area (Å²) in [6.45, 7) is 0. The lowest BCUT2D eigenvalue weighted by atomic mass is 10.1. The second-order valence-electron chi connectivity index (χ2n) is 5.98. The number of carboxylic acids is 1. The summed E-state index contributed by atoms with van der Waals surface area (Å²) in [5.41, 5.74) is 1.48. The molecule has 0 unspecified atom stereocenters. The minimum Gasteiger partial charge on any atom is -0.496 e. The average Bonchev–Trinajstić information content (AvgIpc) is 3.03. The van der Waals surface area contributed by atoms with Gasteiger partial charge in [0.05, 0.1) is 19.7 Å². The monoisotopic (exact) mass is 368 g/mol. The second kappa shape index (κ2) is 7.41. The van der Waals surface area contributed by atoms with Crippen LogP contribution in [0.3, 0.4) is 0 Å². The van der Waals surface area contributed by atoms with E-state index in [2.05, 4.69) is 5.32 Å². The molecule has 2 aromatic carbocycles. The molecule has 7 nitrogen and oxygen atoms in total. The van der Waals surface area contributed by atoms with Crippen molar-refractivity contribution < 1.29 is 24.2 Å². The number of nitrogens with one attached hydrogen (secondary N) is 1. The Morgan fingerprint density at radius 1 is 1.04 bits per heavy atom. The number of amides is 1. The third-order valence-corrected chi connectivity index (χ3v) is 4.45. The summed E-state index contributed by atoms with van der Waals surface area (Å²) >= 11 is 0. The molecule has 2 N–H and O–H groups in total. The molecule has 1 heterocycles. The number of methoxy groups -OCH3 is 2. The van der Waals surface area contributed by atoms with Gasteiger partial charge in [-0.3, -0.25) is 4.79 Å². The number of aromatic nitrogens is 1. The molecule has 1 atom stereocenters. The maximum atomic E-state index is 12.8. The number of hydrogen-bond donors (Lipinski definition) is 2. The Kier molecular flexibility index (Phi) is 5.03. The Morgan fingerprint density at radius 2 is 1.67 bits per heavy atom. The highest BCUT2D eigenvalue weighted by atomic mass is 16.5. The van der Waals surface area contributed by atoms with Crippen molar-refractivity contribution in [1.82, 2.24) is 9.88 Å². The van der Waals surface area contributed by atoms with Crippen molar-refractivity contribution in [2.75, 3.05) is 14.2 Å². The van der Waals surface area contributed by atoms with E-state index in [1.165, 1.54) is 0 Å². The molecule has 1 aromatic heterocycles. The predicted molar refractivity (Wildman–Crippen MR) is 100 cm³/mol. The van der Waals surface area contributed by atoms with E-state index in [1.807, 2.05) is 0 Å². The predicted octanol–water partition coefficient (Wildman–Crippen LogP) is 2.75. The molecule has 0 aliphatic heterocycles. The average molecular weight is 368 g/mol. The highest BCUT2D eigenvalue weighted by Crippen LogP contribution is 2.35. The SMILES string of the molecule is COc1ccc(OC)c2c1cc(C(=O)N[C@@H](C(=O)O)c1ccccc1)n2C. The van der Waals surface area contributed by atoms with Gasteiger partial charge in [-0.1, -0.05) is 30.3 Å². The molecule has 140 valence electrons. The lowest BCUT2D eigenvalue weighted by Crippen LogP contribution is -2.34. The van der Waals surface area contributed by atoms with E-state index in [9.17, 15) is 14.7 Å². The largest absolute Gasteiger partial charge is 0.496 e. The number of fused-ring (bicyclic) bond motifs is 1. The van der Waals surface area contributed by atoms with Gasteiger partial charge in [0.15, 0.2) is 6.04 Å². The van der Waals surface area contributed by atoms with E-state index in [4.69, 9.17) is 9.47 Å². The molecule has 1 amide bonds. The molecule has 27 heavy (non-hydrogen) atoms. The topological polar surface area (TPSA) is 89.8 Å². The second-order valence-corrected chi connectivity index (χ2v) is 5.98. The molecule has 0 radical (unpaired) electrons. The van der Waals surface area contributed by atoms with Crippen LogP contribution < -0.4 is 14.8 Å². The number of carbonyl (C=O) groups excluding carboxylic acids is 1. The summed E-state index contributed by atoms with van der Waals surface area (Å²) < 4.78 is 12.4. The van der Waals surface area contributed by atoms with Crippen molar-refractivity contribution in [1.29, 1.82) is 0 Å². The number of aryl methyl sites for hydroxylation is 1. The number of ether oxygens (including phenoxy) is 2. The van der Waals surface area contributed by atoms with Gasteiger partial charge in [0.25, 0.3) is 5.91 Å². The van der Waals surface area contributed by atoms with Crippen molar-refractivity contribution in [3.63, 3.8) is 0 Å². The molecule has 0 saturated heterocycles. The third-order valence-electron chi connectivity index (χ3n) is 4.45. The fourth-order valence-corrected chi connectivity index (χ4v) is 3.11. The number of carbonyl (C=O) groups is 2. The quantitative estimate of drug-likeness (QED) is 0.698. The van der Waals surface area contributed by atoms with Gasteiger partial charge in [-0.15, -0.1) is 0 Å². The van der Waals surface area contributed by atoms with Crippen LogP contribution in [-0.4, -0.2) is 35.8 Å². The summed E-state index contributed by atoms with van der Waals surface area (Å²) in [5.74, 6) is -0.457. The first kappa shape index (κ1) is 18.3. The zero-order chi connectivity index (χ0) is 19.6. The van der Waals surface area contributed by atoms with E-state index < -0.39 is 17.9 Å². The number of benzene rings is 2. The molecular weight excluding hydrogens is 348 g/mol. The normalized spacial score (nSPS) is 11.8. The number of aliphatic carboxylic acids is 1. The van der Waals surface area contributed by atoms with Crippen molar-refractivity contribution in [3.8, 4) is 11.5 Å². The maximum absolute atomic E-state index is 12.8. The van der Waals surface area contributed by atoms with Gasteiger partial charge in [0.2, 0.25) is 0 Å². The van der Waals surface area contributed by atoms with Gasteiger partial charge in [-0.05, 0) is 23.8 Å². The summed E-state index contributed by atoms with van der Waals surface area (Å²) in [6.07, 6.45) is 0. The Labute approximate surface area is 156 Å². The van der Waals surface area contributed by atoms with Gasteiger partial charge >= 0.3 is 5.97 Å². The maximum Gasteiger partial charge on any atom is 0.330 e. The molecule has 0 saturated carbocycles. The first-order valence-corrected chi connectivity index (χ1v) is 8.27. The number of carboxylic acid groups (broad SMARTS) is 1. The molecule has 0 spiro atoms. The summed E-state index contributed by atoms with van der Waals surface area (Å²) in [4.78, 5) is 24.5. The zero-order valence-corrected chi connectivity index (χ0v) is 15.2. The van der Waals surface area contributed by atoms with E-state index in [0.29, 0.717) is 33.7 Å². The van der Waals surface area contributed by atoms with Crippen molar-refractivity contribution >= 4 is 22.8 Å². The van der Waals surface area contributed by atoms with Crippen molar-refractivity contribution in [2.24, 2.45) is 7.05 Å². The molecule has 0 fully saturated rings. The smallest absolute Gasteiger partial charge is 0.330 e. The molecule has 3 rings (SSSR count). The van der Waals surface area contributed by atoms with Crippen LogP contribution in [0.4, 0.5) is 0 Å². The first-order valence-electron chi connectivity index (χ1n) is 8.27. The standard InChI is InChI=1S/C20H20N2O5/c1-22-14(11-13-15(26-2)9-10-16(27-3)18(13)22)19(23)21-17(20(24)25)12-7-5-4-6-8-12/h4-11,17H,1-3H3,(H,21,23)(H,24,25)/t17-/m1/s1. The Balaban J connectivity index is 2.03. The molecule has 3 aromatic rings. The number of hydrogen-bond acceptors (Lipinski definition) is 4. The lowest BCUT2D eigenvalue weighted by molar-refractivity contribution is -0.139. The van der Waals surface area contributed by atoms with Crippen LogP contribution in [0.1, 0.15) is 22.1 Å². The van der Waals surface area contributed by atoms with Crippen LogP contribution in [0.5, 0.6) is 11.5 Å². The molecular formula is C20H20N2O5. The lowest BCUT2D eigenvalue weighted by Gasteiger charge is -2.15. The highest BCUT2D eigenvalue weighted by molar-refractivity contribution is 6.03. The molecule has 7 heteroatoms. The van der Waals surface area contributed by atoms with Gasteiger partial charge in [0, 0.05) is 12.4 Å². The fourth-order valence-electron chi connectivity index (χ4n) is 3.11. The van der Waals surface area contributed by atoms with E-state index in [0.717, 1.165) is 0 Å². The van der Waals surface area contributed by atoms with Crippen molar-refractivity contribution in [3.05, 3.63) is 59.8 Å². The van der Waals surface area contributed by atoms with E-state index in [-0.39, 0.29) is 0 Å². The van der Waals surface area contributed by atoms with Crippen LogP contribution in [0.15, 0.2) is 48.5 Å². The van der Waals surface area contributed by atoms with Gasteiger partial charge in [-0.25, -0.2) is 4.79 Å². The molecule has 0 aliphatic carbocycles.